The fourth-order valence-corrected chi connectivity index (χ4v) is 3.00. The quantitative estimate of drug-likeness (QED) is 0.487. The van der Waals surface area contributed by atoms with Crippen molar-refractivity contribution in [2.45, 2.75) is 26.7 Å². The summed E-state index contributed by atoms with van der Waals surface area (Å²) in [6.07, 6.45) is 1.76. The van der Waals surface area contributed by atoms with Crippen LogP contribution < -0.4 is 10.6 Å². The molecule has 0 fully saturated rings. The number of hydrogen-bond acceptors (Lipinski definition) is 8. The third kappa shape index (κ3) is 5.78. The van der Waals surface area contributed by atoms with E-state index in [1.807, 2.05) is 6.92 Å². The predicted molar refractivity (Wildman–Crippen MR) is 107 cm³/mol. The number of esters is 2. The van der Waals surface area contributed by atoms with Gasteiger partial charge in [0.05, 0.1) is 17.9 Å². The Morgan fingerprint density at radius 1 is 1.11 bits per heavy atom. The predicted octanol–water partition coefficient (Wildman–Crippen LogP) is 3.25. The number of aryl methyl sites for hydroxylation is 1. The lowest BCUT2D eigenvalue weighted by atomic mass is 10.2. The van der Waals surface area contributed by atoms with Gasteiger partial charge in [0.25, 0.3) is 5.91 Å². The molecule has 1 aromatic heterocycles. The molecule has 8 nitrogen and oxygen atoms in total. The van der Waals surface area contributed by atoms with Crippen LogP contribution in [0.2, 0.25) is 0 Å². The van der Waals surface area contributed by atoms with E-state index in [1.165, 1.54) is 0 Å². The highest BCUT2D eigenvalue weighted by molar-refractivity contribution is 7.10. The lowest BCUT2D eigenvalue weighted by Crippen LogP contribution is -2.21. The number of carbonyl (C=O) groups is 3. The third-order valence-electron chi connectivity index (χ3n) is 3.76. The molecule has 0 spiro atoms. The number of benzene rings is 1. The van der Waals surface area contributed by atoms with Gasteiger partial charge in [-0.25, -0.2) is 9.59 Å². The van der Waals surface area contributed by atoms with E-state index < -0.39 is 24.5 Å². The summed E-state index contributed by atoms with van der Waals surface area (Å²) in [7, 11) is 1.68. The molecule has 0 aliphatic carbocycles. The maximum absolute atomic E-state index is 12.2. The molecule has 1 heterocycles. The molecule has 0 saturated carbocycles. The number of nitrogens with zero attached hydrogens (tertiary/aromatic N) is 1. The number of aromatic nitrogens is 1. The first kappa shape index (κ1) is 21.4. The molecule has 0 unspecified atom stereocenters. The van der Waals surface area contributed by atoms with Crippen molar-refractivity contribution in [3.05, 3.63) is 41.1 Å². The van der Waals surface area contributed by atoms with Crippen molar-refractivity contribution in [2.24, 2.45) is 0 Å². The van der Waals surface area contributed by atoms with E-state index in [0.29, 0.717) is 34.1 Å². The van der Waals surface area contributed by atoms with Crippen LogP contribution in [0.15, 0.2) is 24.3 Å². The number of ether oxygens (including phenoxy) is 2. The van der Waals surface area contributed by atoms with Crippen molar-refractivity contribution in [1.29, 1.82) is 0 Å². The molecular weight excluding hydrogens is 382 g/mol. The zero-order chi connectivity index (χ0) is 20.5. The maximum Gasteiger partial charge on any atom is 0.343 e. The van der Waals surface area contributed by atoms with E-state index in [1.54, 1.807) is 38.2 Å². The van der Waals surface area contributed by atoms with Gasteiger partial charge in [-0.1, -0.05) is 13.3 Å². The summed E-state index contributed by atoms with van der Waals surface area (Å²) in [6.45, 7) is 3.66. The van der Waals surface area contributed by atoms with Crippen molar-refractivity contribution in [1.82, 2.24) is 4.37 Å². The monoisotopic (exact) mass is 405 g/mol. The zero-order valence-electron chi connectivity index (χ0n) is 16.0. The molecule has 150 valence electrons. The second kappa shape index (κ2) is 10.4. The Morgan fingerprint density at radius 3 is 2.46 bits per heavy atom. The highest BCUT2D eigenvalue weighted by atomic mass is 32.1. The molecule has 0 radical (unpaired) electrons. The largest absolute Gasteiger partial charge is 0.462 e. The Balaban J connectivity index is 1.85. The van der Waals surface area contributed by atoms with Gasteiger partial charge < -0.3 is 20.1 Å². The van der Waals surface area contributed by atoms with Crippen LogP contribution in [-0.2, 0) is 14.3 Å². The van der Waals surface area contributed by atoms with Crippen molar-refractivity contribution in [3.8, 4) is 0 Å². The number of unbranched alkanes of at least 4 members (excludes halogenated alkanes) is 1. The molecule has 2 rings (SSSR count). The normalized spacial score (nSPS) is 10.2. The van der Waals surface area contributed by atoms with Crippen LogP contribution in [0.1, 0.15) is 46.2 Å². The summed E-state index contributed by atoms with van der Waals surface area (Å²) < 4.78 is 14.3. The lowest BCUT2D eigenvalue weighted by molar-refractivity contribution is -0.119. The number of rotatable bonds is 9. The minimum absolute atomic E-state index is 0.325. The highest BCUT2D eigenvalue weighted by Gasteiger charge is 2.20. The van der Waals surface area contributed by atoms with Crippen LogP contribution in [0.3, 0.4) is 0 Å². The molecule has 1 amide bonds. The number of hydrogen-bond donors (Lipinski definition) is 2. The van der Waals surface area contributed by atoms with Crippen molar-refractivity contribution in [3.63, 3.8) is 0 Å². The van der Waals surface area contributed by atoms with Gasteiger partial charge in [0.2, 0.25) is 0 Å². The highest BCUT2D eigenvalue weighted by Crippen LogP contribution is 2.24. The SMILES string of the molecule is CCCCOC(=O)c1ccc(NC(=O)COC(=O)c2c(C)nsc2NC)cc1. The van der Waals surface area contributed by atoms with E-state index in [-0.39, 0.29) is 0 Å². The molecule has 9 heteroatoms. The fraction of sp³-hybridized carbons (Fsp3) is 0.368. The van der Waals surface area contributed by atoms with Crippen LogP contribution in [0.4, 0.5) is 10.7 Å². The number of amides is 1. The molecule has 2 N–H and O–H groups in total. The van der Waals surface area contributed by atoms with E-state index in [4.69, 9.17) is 9.47 Å². The minimum Gasteiger partial charge on any atom is -0.462 e. The summed E-state index contributed by atoms with van der Waals surface area (Å²) in [5.74, 6) is -1.50. The number of carbonyl (C=O) groups excluding carboxylic acids is 3. The van der Waals surface area contributed by atoms with E-state index in [0.717, 1.165) is 24.4 Å². The van der Waals surface area contributed by atoms with Crippen LogP contribution in [0.5, 0.6) is 0 Å². The summed E-state index contributed by atoms with van der Waals surface area (Å²) >= 11 is 1.15. The second-order valence-electron chi connectivity index (χ2n) is 5.91. The molecule has 0 atom stereocenters. The molecule has 2 aromatic rings. The number of anilines is 2. The molecule has 0 aliphatic rings. The van der Waals surface area contributed by atoms with E-state index in [9.17, 15) is 14.4 Å². The van der Waals surface area contributed by atoms with E-state index >= 15 is 0 Å². The lowest BCUT2D eigenvalue weighted by Gasteiger charge is -2.08. The molecule has 28 heavy (non-hydrogen) atoms. The number of nitrogens with one attached hydrogen (secondary N) is 2. The van der Waals surface area contributed by atoms with Crippen molar-refractivity contribution < 1.29 is 23.9 Å². The van der Waals surface area contributed by atoms with Crippen LogP contribution in [0.25, 0.3) is 0 Å². The Morgan fingerprint density at radius 2 is 1.82 bits per heavy atom. The van der Waals surface area contributed by atoms with Gasteiger partial charge in [-0.2, -0.15) is 4.37 Å². The van der Waals surface area contributed by atoms with Gasteiger partial charge in [-0.15, -0.1) is 0 Å². The summed E-state index contributed by atoms with van der Waals surface area (Å²) in [5.41, 5.74) is 1.75. The molecule has 0 aliphatic heterocycles. The molecular formula is C19H23N3O5S. The van der Waals surface area contributed by atoms with Crippen LogP contribution in [0, 0.1) is 6.92 Å². The first-order valence-corrected chi connectivity index (χ1v) is 9.61. The molecule has 0 saturated heterocycles. The average molecular weight is 405 g/mol. The van der Waals surface area contributed by atoms with Gasteiger partial charge >= 0.3 is 11.9 Å². The summed E-state index contributed by atoms with van der Waals surface area (Å²) in [6, 6.07) is 6.30. The van der Waals surface area contributed by atoms with Crippen molar-refractivity contribution >= 4 is 40.1 Å². The Hall–Kier alpha value is -2.94. The Labute approximate surface area is 167 Å². The average Bonchev–Trinajstić information content (AvgIpc) is 3.07. The second-order valence-corrected chi connectivity index (χ2v) is 6.69. The standard InChI is InChI=1S/C19H23N3O5S/c1-4-5-10-26-18(24)13-6-8-14(9-7-13)21-15(23)11-27-19(25)16-12(2)22-28-17(16)20-3/h6-9,20H,4-5,10-11H2,1-3H3,(H,21,23). The van der Waals surface area contributed by atoms with Gasteiger partial charge in [0.1, 0.15) is 10.6 Å². The smallest absolute Gasteiger partial charge is 0.343 e. The Kier molecular flexibility index (Phi) is 7.94. The maximum atomic E-state index is 12.2. The summed E-state index contributed by atoms with van der Waals surface area (Å²) in [5, 5.41) is 6.07. The van der Waals surface area contributed by atoms with Gasteiger partial charge in [-0.3, -0.25) is 4.79 Å². The van der Waals surface area contributed by atoms with E-state index in [2.05, 4.69) is 15.0 Å². The third-order valence-corrected chi connectivity index (χ3v) is 4.72. The first-order chi connectivity index (χ1) is 13.5. The van der Waals surface area contributed by atoms with Gasteiger partial charge in [-0.05, 0) is 49.1 Å². The zero-order valence-corrected chi connectivity index (χ0v) is 16.9. The van der Waals surface area contributed by atoms with Crippen LogP contribution >= 0.6 is 11.5 Å². The minimum atomic E-state index is -0.615. The van der Waals surface area contributed by atoms with Crippen LogP contribution in [-0.4, -0.2) is 42.5 Å². The first-order valence-electron chi connectivity index (χ1n) is 8.84. The summed E-state index contributed by atoms with van der Waals surface area (Å²) in [4.78, 5) is 36.0. The Bertz CT molecular complexity index is 833. The molecule has 0 bridgehead atoms. The van der Waals surface area contributed by atoms with Crippen molar-refractivity contribution in [2.75, 3.05) is 30.9 Å². The van der Waals surface area contributed by atoms with Gasteiger partial charge in [0, 0.05) is 12.7 Å². The van der Waals surface area contributed by atoms with Gasteiger partial charge in [0.15, 0.2) is 6.61 Å². The fourth-order valence-electron chi connectivity index (χ4n) is 2.26. The molecule has 1 aromatic carbocycles. The topological polar surface area (TPSA) is 107 Å².